The predicted molar refractivity (Wildman–Crippen MR) is 144 cm³/mol. The molecule has 0 aliphatic heterocycles. The molecule has 0 saturated heterocycles. The van der Waals surface area contributed by atoms with E-state index in [1.165, 1.54) is 19.2 Å². The molecule has 10 nitrogen and oxygen atoms in total. The van der Waals surface area contributed by atoms with Gasteiger partial charge in [-0.05, 0) is 61.4 Å². The molecule has 5 rings (SSSR count). The zero-order valence-electron chi connectivity index (χ0n) is 21.9. The van der Waals surface area contributed by atoms with Gasteiger partial charge in [-0.25, -0.2) is 4.39 Å². The molecule has 0 radical (unpaired) electrons. The summed E-state index contributed by atoms with van der Waals surface area (Å²) in [4.78, 5) is 40.0. The van der Waals surface area contributed by atoms with Crippen LogP contribution in [0.2, 0.25) is 0 Å². The highest BCUT2D eigenvalue weighted by atomic mass is 19.1. The fraction of sp³-hybridized carbons (Fsp3) is 0.207. The van der Waals surface area contributed by atoms with Gasteiger partial charge < -0.3 is 29.7 Å². The molecule has 3 aromatic carbocycles. The number of amides is 2. The van der Waals surface area contributed by atoms with E-state index in [0.29, 0.717) is 47.0 Å². The monoisotopic (exact) mass is 547 g/mol. The Morgan fingerprint density at radius 2 is 1.52 bits per heavy atom. The second kappa shape index (κ2) is 11.1. The first-order chi connectivity index (χ1) is 19.4. The summed E-state index contributed by atoms with van der Waals surface area (Å²) in [6.45, 7) is 0. The average molecular weight is 548 g/mol. The van der Waals surface area contributed by atoms with Crippen LogP contribution >= 0.6 is 0 Å². The number of carbonyl (C=O) groups excluding carboxylic acids is 2. The lowest BCUT2D eigenvalue weighted by molar-refractivity contribution is -0.177. The first kappa shape index (κ1) is 26.7. The van der Waals surface area contributed by atoms with Gasteiger partial charge in [-0.2, -0.15) is 4.89 Å². The Kier molecular flexibility index (Phi) is 7.39. The first-order valence-corrected chi connectivity index (χ1v) is 12.3. The summed E-state index contributed by atoms with van der Waals surface area (Å²) >= 11 is 0. The van der Waals surface area contributed by atoms with Gasteiger partial charge in [0.2, 0.25) is 11.8 Å². The number of hydrogen-bond acceptors (Lipinski definition) is 8. The molecule has 0 unspecified atom stereocenters. The molecule has 2 amide bonds. The quantitative estimate of drug-likeness (QED) is 0.152. The fourth-order valence-electron chi connectivity index (χ4n) is 4.20. The Labute approximate surface area is 228 Å². The summed E-state index contributed by atoms with van der Waals surface area (Å²) in [5, 5.41) is 6.18. The van der Waals surface area contributed by atoms with Crippen LogP contribution in [0, 0.1) is 11.2 Å². The minimum Gasteiger partial charge on any atom is -0.493 e. The van der Waals surface area contributed by atoms with Crippen LogP contribution in [0.15, 0.2) is 66.9 Å². The second-order valence-electron chi connectivity index (χ2n) is 9.04. The van der Waals surface area contributed by atoms with Crippen molar-refractivity contribution in [2.75, 3.05) is 32.0 Å². The van der Waals surface area contributed by atoms with E-state index < -0.39 is 23.0 Å². The lowest BCUT2D eigenvalue weighted by Gasteiger charge is -2.17. The third kappa shape index (κ3) is 5.32. The highest BCUT2D eigenvalue weighted by molar-refractivity contribution is 6.17. The van der Waals surface area contributed by atoms with Gasteiger partial charge in [-0.15, -0.1) is 0 Å². The van der Waals surface area contributed by atoms with Gasteiger partial charge in [0, 0.05) is 29.4 Å². The second-order valence-corrected chi connectivity index (χ2v) is 9.04. The molecule has 2 N–H and O–H groups in total. The summed E-state index contributed by atoms with van der Waals surface area (Å²) < 4.78 is 30.4. The topological polar surface area (TPSA) is 117 Å². The summed E-state index contributed by atoms with van der Waals surface area (Å²) in [5.41, 5.74) is 0.110. The van der Waals surface area contributed by atoms with Crippen molar-refractivity contribution in [1.82, 2.24) is 4.98 Å². The number of aromatic nitrogens is 1. The Morgan fingerprint density at radius 3 is 2.20 bits per heavy atom. The maximum absolute atomic E-state index is 13.6. The van der Waals surface area contributed by atoms with Crippen LogP contribution < -0.4 is 29.7 Å². The number of pyridine rings is 1. The lowest BCUT2D eigenvalue weighted by Crippen LogP contribution is -2.35. The van der Waals surface area contributed by atoms with E-state index in [-0.39, 0.29) is 11.4 Å². The molecule has 0 bridgehead atoms. The van der Waals surface area contributed by atoms with Gasteiger partial charge in [0.1, 0.15) is 22.7 Å². The molecule has 1 aliphatic rings. The Morgan fingerprint density at radius 1 is 0.825 bits per heavy atom. The Bertz CT molecular complexity index is 1570. The van der Waals surface area contributed by atoms with Crippen molar-refractivity contribution in [2.24, 2.45) is 5.41 Å². The smallest absolute Gasteiger partial charge is 0.240 e. The van der Waals surface area contributed by atoms with E-state index in [1.54, 1.807) is 62.9 Å². The first-order valence-electron chi connectivity index (χ1n) is 12.3. The van der Waals surface area contributed by atoms with Gasteiger partial charge in [0.25, 0.3) is 0 Å². The van der Waals surface area contributed by atoms with Crippen molar-refractivity contribution in [3.8, 4) is 28.7 Å². The van der Waals surface area contributed by atoms with Gasteiger partial charge >= 0.3 is 0 Å². The van der Waals surface area contributed by atoms with Crippen LogP contribution in [-0.4, -0.2) is 38.1 Å². The summed E-state index contributed by atoms with van der Waals surface area (Å²) in [7, 11) is 4.37. The molecule has 1 aromatic heterocycles. The van der Waals surface area contributed by atoms with Crippen LogP contribution in [0.5, 0.6) is 28.7 Å². The molecule has 1 aliphatic carbocycles. The molecular weight excluding hydrogens is 521 g/mol. The number of nitrogens with zero attached hydrogens (tertiary/aromatic N) is 1. The van der Waals surface area contributed by atoms with Crippen LogP contribution in [-0.2, 0) is 14.5 Å². The third-order valence-electron chi connectivity index (χ3n) is 6.53. The minimum absolute atomic E-state index is 0.0118. The van der Waals surface area contributed by atoms with E-state index in [1.807, 2.05) is 0 Å². The van der Waals surface area contributed by atoms with E-state index in [4.69, 9.17) is 19.1 Å². The standard InChI is InChI=1S/C29H26FN3O7/c1-36-25-15-20-22(16-26(25)37-2)31-13-10-23(20)39-19-7-5-18(6-8-19)32-27(34)29(11-12-29)28(35)33-21-9-4-17(30)14-24(21)40-38-3/h4-10,13-16H,11-12H2,1-3H3,(H,32,34)(H,33,35). The number of benzene rings is 3. The molecule has 40 heavy (non-hydrogen) atoms. The molecule has 4 aromatic rings. The zero-order valence-corrected chi connectivity index (χ0v) is 21.9. The molecule has 206 valence electrons. The number of methoxy groups -OCH3 is 2. The van der Waals surface area contributed by atoms with E-state index in [0.717, 1.165) is 11.5 Å². The third-order valence-corrected chi connectivity index (χ3v) is 6.53. The van der Waals surface area contributed by atoms with Crippen LogP contribution in [0.3, 0.4) is 0 Å². The SMILES string of the molecule is COOc1cc(F)ccc1NC(=O)C1(C(=O)Nc2ccc(Oc3ccnc4cc(OC)c(OC)cc34)cc2)CC1. The number of rotatable bonds is 10. The minimum atomic E-state index is -1.25. The zero-order chi connectivity index (χ0) is 28.3. The summed E-state index contributed by atoms with van der Waals surface area (Å²) in [5.74, 6) is 0.658. The highest BCUT2D eigenvalue weighted by Gasteiger charge is 2.56. The number of nitrogens with one attached hydrogen (secondary N) is 2. The van der Waals surface area contributed by atoms with Crippen LogP contribution in [0.4, 0.5) is 15.8 Å². The van der Waals surface area contributed by atoms with Crippen molar-refractivity contribution in [1.29, 1.82) is 0 Å². The van der Waals surface area contributed by atoms with Crippen molar-refractivity contribution in [2.45, 2.75) is 12.8 Å². The number of ether oxygens (including phenoxy) is 3. The van der Waals surface area contributed by atoms with Gasteiger partial charge in [0.05, 0.1) is 32.5 Å². The maximum Gasteiger partial charge on any atom is 0.240 e. The summed E-state index contributed by atoms with van der Waals surface area (Å²) in [6, 6.07) is 15.7. The van der Waals surface area contributed by atoms with E-state index in [9.17, 15) is 14.0 Å². The van der Waals surface area contributed by atoms with E-state index in [2.05, 4.69) is 20.5 Å². The van der Waals surface area contributed by atoms with Crippen LogP contribution in [0.25, 0.3) is 10.9 Å². The molecule has 0 spiro atoms. The summed E-state index contributed by atoms with van der Waals surface area (Å²) in [6.07, 6.45) is 2.38. The maximum atomic E-state index is 13.6. The van der Waals surface area contributed by atoms with Crippen LogP contribution in [0.1, 0.15) is 12.8 Å². The molecule has 1 heterocycles. The largest absolute Gasteiger partial charge is 0.493 e. The number of fused-ring (bicyclic) bond motifs is 1. The molecule has 11 heteroatoms. The van der Waals surface area contributed by atoms with Gasteiger partial charge in [0.15, 0.2) is 17.2 Å². The molecule has 1 fully saturated rings. The average Bonchev–Trinajstić information content (AvgIpc) is 3.77. The Balaban J connectivity index is 1.27. The fourth-order valence-corrected chi connectivity index (χ4v) is 4.20. The van der Waals surface area contributed by atoms with Crippen molar-refractivity contribution in [3.05, 3.63) is 72.7 Å². The van der Waals surface area contributed by atoms with Gasteiger partial charge in [-0.3, -0.25) is 14.6 Å². The normalized spacial score (nSPS) is 13.3. The van der Waals surface area contributed by atoms with E-state index >= 15 is 0 Å². The number of anilines is 2. The van der Waals surface area contributed by atoms with Crippen molar-refractivity contribution >= 4 is 34.1 Å². The molecule has 1 saturated carbocycles. The predicted octanol–water partition coefficient (Wildman–Crippen LogP) is 5.48. The number of carbonyl (C=O) groups is 2. The molecular formula is C29H26FN3O7. The highest BCUT2D eigenvalue weighted by Crippen LogP contribution is 2.48. The van der Waals surface area contributed by atoms with Crippen molar-refractivity contribution < 1.29 is 38.0 Å². The lowest BCUT2D eigenvalue weighted by atomic mass is 10.0. The Hall–Kier alpha value is -4.90. The van der Waals surface area contributed by atoms with Gasteiger partial charge in [-0.1, -0.05) is 0 Å². The van der Waals surface area contributed by atoms with Crippen molar-refractivity contribution in [3.63, 3.8) is 0 Å². The molecule has 0 atom stereocenters. The number of hydrogen-bond donors (Lipinski definition) is 2. The number of halogens is 1.